The van der Waals surface area contributed by atoms with Gasteiger partial charge in [0.1, 0.15) is 0 Å². The fraction of sp³-hybridized carbons (Fsp3) is 0.833. The second kappa shape index (κ2) is 8.79. The van der Waals surface area contributed by atoms with E-state index in [1.54, 1.807) is 0 Å². The van der Waals surface area contributed by atoms with E-state index in [0.717, 1.165) is 0 Å². The number of hydrogen-bond donors (Lipinski definition) is 1. The van der Waals surface area contributed by atoms with E-state index in [9.17, 15) is 18.4 Å². The van der Waals surface area contributed by atoms with E-state index >= 15 is 0 Å². The largest absolute Gasteiger partial charge is 0.461 e. The van der Waals surface area contributed by atoms with Crippen molar-refractivity contribution in [2.45, 2.75) is 45.6 Å². The first-order chi connectivity index (χ1) is 8.82. The van der Waals surface area contributed by atoms with Crippen LogP contribution in [0.1, 0.15) is 33.6 Å². The van der Waals surface area contributed by atoms with E-state index in [1.807, 2.05) is 19.2 Å². The Bertz CT molecular complexity index is 295. The summed E-state index contributed by atoms with van der Waals surface area (Å²) in [5.41, 5.74) is 0. The summed E-state index contributed by atoms with van der Waals surface area (Å²) in [5, 5.41) is 2.01. The second-order valence-corrected chi connectivity index (χ2v) is 4.18. The van der Waals surface area contributed by atoms with Gasteiger partial charge in [0.05, 0.1) is 12.7 Å². The van der Waals surface area contributed by atoms with Crippen molar-refractivity contribution in [3.63, 3.8) is 0 Å². The van der Waals surface area contributed by atoms with Gasteiger partial charge < -0.3 is 14.8 Å². The summed E-state index contributed by atoms with van der Waals surface area (Å²) in [4.78, 5) is 22.0. The van der Waals surface area contributed by atoms with Crippen molar-refractivity contribution in [3.05, 3.63) is 0 Å². The minimum atomic E-state index is -4.13. The lowest BCUT2D eigenvalue weighted by atomic mass is 10.3. The van der Waals surface area contributed by atoms with E-state index in [1.165, 1.54) is 6.92 Å². The molecule has 0 saturated carbocycles. The van der Waals surface area contributed by atoms with Crippen molar-refractivity contribution in [2.75, 3.05) is 19.8 Å². The highest BCUT2D eigenvalue weighted by molar-refractivity contribution is 6.04. The topological polar surface area (TPSA) is 64.6 Å². The Kier molecular flexibility index (Phi) is 8.22. The maximum absolute atomic E-state index is 13.2. The molecule has 0 aliphatic carbocycles. The summed E-state index contributed by atoms with van der Waals surface area (Å²) < 4.78 is 35.7. The molecule has 5 nitrogen and oxygen atoms in total. The zero-order valence-corrected chi connectivity index (χ0v) is 11.5. The summed E-state index contributed by atoms with van der Waals surface area (Å²) in [6, 6.07) is 0. The van der Waals surface area contributed by atoms with Crippen LogP contribution in [0.5, 0.6) is 0 Å². The fourth-order valence-electron chi connectivity index (χ4n) is 1.17. The van der Waals surface area contributed by atoms with Crippen LogP contribution in [0.3, 0.4) is 0 Å². The van der Waals surface area contributed by atoms with E-state index in [4.69, 9.17) is 4.74 Å². The van der Waals surface area contributed by atoms with Gasteiger partial charge in [-0.05, 0) is 33.6 Å². The van der Waals surface area contributed by atoms with Crippen molar-refractivity contribution < 1.29 is 27.8 Å². The van der Waals surface area contributed by atoms with Gasteiger partial charge in [0.25, 0.3) is 0 Å². The molecule has 0 aromatic rings. The number of amides is 1. The molecule has 0 aromatic carbocycles. The Hall–Kier alpha value is -1.24. The average Bonchev–Trinajstić information content (AvgIpc) is 2.33. The molecule has 112 valence electrons. The molecule has 0 rings (SSSR count). The van der Waals surface area contributed by atoms with Gasteiger partial charge in [-0.25, -0.2) is 4.79 Å². The van der Waals surface area contributed by atoms with Crippen LogP contribution in [0.25, 0.3) is 0 Å². The zero-order valence-electron chi connectivity index (χ0n) is 11.5. The lowest BCUT2D eigenvalue weighted by Crippen LogP contribution is -2.47. The molecule has 0 unspecified atom stereocenters. The molecular weight excluding hydrogens is 260 g/mol. The number of alkyl halides is 2. The Morgan fingerprint density at radius 1 is 1.26 bits per heavy atom. The number of carbonyl (C=O) groups is 2. The van der Waals surface area contributed by atoms with Gasteiger partial charge in [-0.15, -0.1) is 0 Å². The van der Waals surface area contributed by atoms with Crippen molar-refractivity contribution >= 4 is 11.9 Å². The van der Waals surface area contributed by atoms with Gasteiger partial charge in [-0.1, -0.05) is 0 Å². The molecule has 1 amide bonds. The minimum Gasteiger partial charge on any atom is -0.461 e. The molecule has 0 spiro atoms. The van der Waals surface area contributed by atoms with Crippen molar-refractivity contribution in [1.29, 1.82) is 0 Å². The lowest BCUT2D eigenvalue weighted by Gasteiger charge is -2.14. The normalized spacial score (nSPS) is 11.5. The first-order valence-electron chi connectivity index (χ1n) is 6.27. The summed E-state index contributed by atoms with van der Waals surface area (Å²) in [5.74, 6) is -7.59. The molecule has 0 bridgehead atoms. The Morgan fingerprint density at radius 3 is 2.42 bits per heavy atom. The van der Waals surface area contributed by atoms with Crippen LogP contribution in [-0.2, 0) is 19.1 Å². The average molecular weight is 281 g/mol. The Morgan fingerprint density at radius 2 is 1.89 bits per heavy atom. The monoisotopic (exact) mass is 281 g/mol. The van der Waals surface area contributed by atoms with Gasteiger partial charge in [0.15, 0.2) is 0 Å². The van der Waals surface area contributed by atoms with Gasteiger partial charge >= 0.3 is 17.8 Å². The summed E-state index contributed by atoms with van der Waals surface area (Å²) in [6.45, 7) is 5.54. The number of rotatable bonds is 9. The highest BCUT2D eigenvalue weighted by Gasteiger charge is 2.48. The number of hydrogen-bond acceptors (Lipinski definition) is 4. The van der Waals surface area contributed by atoms with E-state index in [2.05, 4.69) is 4.74 Å². The van der Waals surface area contributed by atoms with Crippen molar-refractivity contribution in [2.24, 2.45) is 0 Å². The van der Waals surface area contributed by atoms with E-state index < -0.39 is 17.8 Å². The quantitative estimate of drug-likeness (QED) is 0.395. The van der Waals surface area contributed by atoms with Crippen molar-refractivity contribution in [1.82, 2.24) is 5.32 Å². The highest BCUT2D eigenvalue weighted by atomic mass is 19.3. The first-order valence-corrected chi connectivity index (χ1v) is 6.27. The molecule has 0 aromatic heterocycles. The number of halogens is 2. The number of esters is 1. The van der Waals surface area contributed by atoms with E-state index in [0.29, 0.717) is 19.4 Å². The molecule has 0 heterocycles. The van der Waals surface area contributed by atoms with Crippen molar-refractivity contribution in [3.8, 4) is 0 Å². The first kappa shape index (κ1) is 17.8. The Balaban J connectivity index is 3.87. The van der Waals surface area contributed by atoms with Gasteiger partial charge in [0, 0.05) is 13.2 Å². The second-order valence-electron chi connectivity index (χ2n) is 4.18. The maximum Gasteiger partial charge on any atom is 0.418 e. The van der Waals surface area contributed by atoms with Crippen LogP contribution < -0.4 is 5.32 Å². The molecule has 0 aliphatic rings. The third kappa shape index (κ3) is 7.05. The molecule has 19 heavy (non-hydrogen) atoms. The molecule has 1 N–H and O–H groups in total. The predicted molar refractivity (Wildman–Crippen MR) is 64.9 cm³/mol. The molecule has 0 saturated heterocycles. The summed E-state index contributed by atoms with van der Waals surface area (Å²) >= 11 is 0. The molecule has 0 fully saturated rings. The third-order valence-electron chi connectivity index (χ3n) is 2.12. The highest BCUT2D eigenvalue weighted by Crippen LogP contribution is 2.15. The lowest BCUT2D eigenvalue weighted by molar-refractivity contribution is -0.177. The number of ether oxygens (including phenoxy) is 2. The summed E-state index contributed by atoms with van der Waals surface area (Å²) in [6.07, 6.45) is 1.25. The van der Waals surface area contributed by atoms with Crippen LogP contribution in [0, 0.1) is 0 Å². The van der Waals surface area contributed by atoms with Gasteiger partial charge in [-0.3, -0.25) is 4.79 Å². The maximum atomic E-state index is 13.2. The molecule has 0 radical (unpaired) electrons. The molecule has 7 heteroatoms. The SMILES string of the molecule is CCOC(=O)C(F)(F)C(=O)NCCCCOC(C)C. The number of unbranched alkanes of at least 4 members (excludes halogenated alkanes) is 1. The van der Waals surface area contributed by atoms with E-state index in [-0.39, 0.29) is 19.3 Å². The van der Waals surface area contributed by atoms with Crippen LogP contribution in [0.2, 0.25) is 0 Å². The zero-order chi connectivity index (χ0) is 14.9. The number of carbonyl (C=O) groups excluding carboxylic acids is 2. The Labute approximate surface area is 111 Å². The fourth-order valence-corrected chi connectivity index (χ4v) is 1.17. The molecule has 0 aliphatic heterocycles. The minimum absolute atomic E-state index is 0.0648. The number of nitrogens with one attached hydrogen (secondary N) is 1. The van der Waals surface area contributed by atoms with Gasteiger partial charge in [-0.2, -0.15) is 8.78 Å². The van der Waals surface area contributed by atoms with Crippen LogP contribution in [0.15, 0.2) is 0 Å². The molecule has 0 atom stereocenters. The van der Waals surface area contributed by atoms with Crippen LogP contribution in [0.4, 0.5) is 8.78 Å². The van der Waals surface area contributed by atoms with Gasteiger partial charge in [0.2, 0.25) is 0 Å². The standard InChI is InChI=1S/C12H21F2NO4/c1-4-18-11(17)12(13,14)10(16)15-7-5-6-8-19-9(2)3/h9H,4-8H2,1-3H3,(H,15,16). The smallest absolute Gasteiger partial charge is 0.418 e. The molecular formula is C12H21F2NO4. The van der Waals surface area contributed by atoms with Crippen LogP contribution in [-0.4, -0.2) is 43.7 Å². The summed E-state index contributed by atoms with van der Waals surface area (Å²) in [7, 11) is 0. The third-order valence-corrected chi connectivity index (χ3v) is 2.12. The van der Waals surface area contributed by atoms with Crippen LogP contribution >= 0.6 is 0 Å². The predicted octanol–water partition coefficient (Wildman–Crippen LogP) is 1.51.